The third-order valence-electron chi connectivity index (χ3n) is 3.28. The quantitative estimate of drug-likeness (QED) is 0.928. The molecule has 2 aromatic rings. The lowest BCUT2D eigenvalue weighted by molar-refractivity contribution is 0.757. The Morgan fingerprint density at radius 3 is 3.11 bits per heavy atom. The normalized spacial score (nSPS) is 17.8. The van der Waals surface area contributed by atoms with Gasteiger partial charge in [-0.2, -0.15) is 0 Å². The van der Waals surface area contributed by atoms with Crippen LogP contribution in [-0.2, 0) is 12.8 Å². The van der Waals surface area contributed by atoms with Gasteiger partial charge in [0, 0.05) is 4.47 Å². The number of anilines is 1. The first-order valence-electron chi connectivity index (χ1n) is 6.14. The Morgan fingerprint density at radius 1 is 1.44 bits per heavy atom. The van der Waals surface area contributed by atoms with Gasteiger partial charge in [0.2, 0.25) is 5.13 Å². The first kappa shape index (κ1) is 12.1. The molecule has 0 saturated carbocycles. The van der Waals surface area contributed by atoms with Crippen LogP contribution in [0, 0.1) is 0 Å². The maximum atomic E-state index is 4.19. The number of fused-ring (bicyclic) bond motifs is 1. The topological polar surface area (TPSA) is 37.8 Å². The van der Waals surface area contributed by atoms with Crippen LogP contribution in [-0.4, -0.2) is 10.2 Å². The van der Waals surface area contributed by atoms with Crippen molar-refractivity contribution < 1.29 is 0 Å². The predicted octanol–water partition coefficient (Wildman–Crippen LogP) is 3.96. The molecule has 0 bridgehead atoms. The standard InChI is InChI=1S/C13H14BrN3S/c1-2-12-16-17-13(18-12)15-11-7-6-8-9(11)4-3-5-10(8)14/h3-5,11H,2,6-7H2,1H3,(H,15,17). The molecule has 0 saturated heterocycles. The Balaban J connectivity index is 1.82. The largest absolute Gasteiger partial charge is 0.353 e. The van der Waals surface area contributed by atoms with Crippen molar-refractivity contribution in [1.82, 2.24) is 10.2 Å². The highest BCUT2D eigenvalue weighted by molar-refractivity contribution is 9.10. The summed E-state index contributed by atoms with van der Waals surface area (Å²) >= 11 is 5.28. The van der Waals surface area contributed by atoms with Crippen molar-refractivity contribution in [3.63, 3.8) is 0 Å². The van der Waals surface area contributed by atoms with Crippen molar-refractivity contribution in [1.29, 1.82) is 0 Å². The molecule has 1 aliphatic rings. The molecule has 94 valence electrons. The Morgan fingerprint density at radius 2 is 2.33 bits per heavy atom. The van der Waals surface area contributed by atoms with Gasteiger partial charge < -0.3 is 5.32 Å². The molecule has 0 radical (unpaired) electrons. The summed E-state index contributed by atoms with van der Waals surface area (Å²) in [4.78, 5) is 0. The highest BCUT2D eigenvalue weighted by Gasteiger charge is 2.24. The molecule has 1 aliphatic carbocycles. The molecule has 1 unspecified atom stereocenters. The third-order valence-corrected chi connectivity index (χ3v) is 5.02. The van der Waals surface area contributed by atoms with Crippen molar-refractivity contribution >= 4 is 32.4 Å². The van der Waals surface area contributed by atoms with Crippen LogP contribution in [0.25, 0.3) is 0 Å². The van der Waals surface area contributed by atoms with E-state index in [9.17, 15) is 0 Å². The van der Waals surface area contributed by atoms with Crippen LogP contribution in [0.1, 0.15) is 35.5 Å². The predicted molar refractivity (Wildman–Crippen MR) is 78.1 cm³/mol. The Bertz CT molecular complexity index is 567. The van der Waals surface area contributed by atoms with Gasteiger partial charge in [0.15, 0.2) is 0 Å². The number of nitrogens with one attached hydrogen (secondary N) is 1. The molecule has 3 nitrogen and oxygen atoms in total. The molecule has 1 aromatic carbocycles. The van der Waals surface area contributed by atoms with Crippen LogP contribution in [0.3, 0.4) is 0 Å². The van der Waals surface area contributed by atoms with Crippen LogP contribution in [0.5, 0.6) is 0 Å². The lowest BCUT2D eigenvalue weighted by Crippen LogP contribution is -2.06. The van der Waals surface area contributed by atoms with Gasteiger partial charge in [-0.15, -0.1) is 10.2 Å². The van der Waals surface area contributed by atoms with Gasteiger partial charge in [-0.25, -0.2) is 0 Å². The number of halogens is 1. The zero-order valence-corrected chi connectivity index (χ0v) is 12.5. The lowest BCUT2D eigenvalue weighted by atomic mass is 10.1. The average Bonchev–Trinajstić information content (AvgIpc) is 2.98. The smallest absolute Gasteiger partial charge is 0.206 e. The van der Waals surface area contributed by atoms with Crippen molar-refractivity contribution in [3.8, 4) is 0 Å². The average molecular weight is 324 g/mol. The summed E-state index contributed by atoms with van der Waals surface area (Å²) in [6, 6.07) is 6.78. The second kappa shape index (κ2) is 4.97. The van der Waals surface area contributed by atoms with E-state index in [2.05, 4.69) is 56.6 Å². The molecule has 0 fully saturated rings. The van der Waals surface area contributed by atoms with Crippen LogP contribution in [0.4, 0.5) is 5.13 Å². The minimum Gasteiger partial charge on any atom is -0.353 e. The molecule has 1 N–H and O–H groups in total. The van der Waals surface area contributed by atoms with E-state index in [1.165, 1.54) is 15.6 Å². The number of nitrogens with zero attached hydrogens (tertiary/aromatic N) is 2. The second-order valence-corrected chi connectivity index (χ2v) is 6.31. The van der Waals surface area contributed by atoms with Crippen LogP contribution in [0.15, 0.2) is 22.7 Å². The summed E-state index contributed by atoms with van der Waals surface area (Å²) in [5, 5.41) is 13.9. The summed E-state index contributed by atoms with van der Waals surface area (Å²) in [5.74, 6) is 0. The monoisotopic (exact) mass is 323 g/mol. The highest BCUT2D eigenvalue weighted by Crippen LogP contribution is 2.37. The van der Waals surface area contributed by atoms with Crippen LogP contribution in [0.2, 0.25) is 0 Å². The van der Waals surface area contributed by atoms with E-state index in [1.807, 2.05) is 0 Å². The van der Waals surface area contributed by atoms with E-state index in [0.29, 0.717) is 6.04 Å². The fourth-order valence-electron chi connectivity index (χ4n) is 2.36. The number of benzene rings is 1. The number of aryl methyl sites for hydroxylation is 1. The summed E-state index contributed by atoms with van der Waals surface area (Å²) in [6.45, 7) is 2.10. The van der Waals surface area contributed by atoms with Crippen molar-refractivity contribution in [2.75, 3.05) is 5.32 Å². The first-order chi connectivity index (χ1) is 8.78. The van der Waals surface area contributed by atoms with Crippen LogP contribution >= 0.6 is 27.3 Å². The molecular formula is C13H14BrN3S. The Labute approximate surface area is 119 Å². The maximum Gasteiger partial charge on any atom is 0.206 e. The molecular weight excluding hydrogens is 310 g/mol. The van der Waals surface area contributed by atoms with Crippen molar-refractivity contribution in [2.24, 2.45) is 0 Å². The van der Waals surface area contributed by atoms with Crippen molar-refractivity contribution in [2.45, 2.75) is 32.2 Å². The molecule has 18 heavy (non-hydrogen) atoms. The zero-order valence-electron chi connectivity index (χ0n) is 10.1. The molecule has 3 rings (SSSR count). The molecule has 1 aromatic heterocycles. The van der Waals surface area contributed by atoms with Gasteiger partial charge in [-0.3, -0.25) is 0 Å². The van der Waals surface area contributed by atoms with E-state index in [1.54, 1.807) is 11.3 Å². The summed E-state index contributed by atoms with van der Waals surface area (Å²) in [5.41, 5.74) is 2.81. The molecule has 1 atom stereocenters. The van der Waals surface area contributed by atoms with Gasteiger partial charge in [-0.05, 0) is 36.5 Å². The van der Waals surface area contributed by atoms with Crippen molar-refractivity contribution in [3.05, 3.63) is 38.8 Å². The Hall–Kier alpha value is -0.940. The lowest BCUT2D eigenvalue weighted by Gasteiger charge is -2.12. The maximum absolute atomic E-state index is 4.19. The fourth-order valence-corrected chi connectivity index (χ4v) is 3.68. The minimum absolute atomic E-state index is 0.371. The minimum atomic E-state index is 0.371. The number of hydrogen-bond donors (Lipinski definition) is 1. The van der Waals surface area contributed by atoms with Crippen LogP contribution < -0.4 is 5.32 Å². The molecule has 0 aliphatic heterocycles. The third kappa shape index (κ3) is 2.17. The SMILES string of the molecule is CCc1nnc(NC2CCc3c(Br)cccc32)s1. The number of rotatable bonds is 3. The van der Waals surface area contributed by atoms with E-state index in [4.69, 9.17) is 0 Å². The van der Waals surface area contributed by atoms with Gasteiger partial charge in [0.1, 0.15) is 5.01 Å². The van der Waals surface area contributed by atoms with E-state index >= 15 is 0 Å². The first-order valence-corrected chi connectivity index (χ1v) is 7.75. The van der Waals surface area contributed by atoms with E-state index in [0.717, 1.165) is 29.4 Å². The summed E-state index contributed by atoms with van der Waals surface area (Å²) in [6.07, 6.45) is 3.19. The second-order valence-electron chi connectivity index (χ2n) is 4.40. The number of hydrogen-bond acceptors (Lipinski definition) is 4. The summed E-state index contributed by atoms with van der Waals surface area (Å²) < 4.78 is 1.22. The van der Waals surface area contributed by atoms with Gasteiger partial charge in [0.05, 0.1) is 6.04 Å². The van der Waals surface area contributed by atoms with E-state index in [-0.39, 0.29) is 0 Å². The molecule has 1 heterocycles. The molecule has 0 spiro atoms. The molecule has 5 heteroatoms. The fraction of sp³-hybridized carbons (Fsp3) is 0.385. The van der Waals surface area contributed by atoms with E-state index < -0.39 is 0 Å². The Kier molecular flexibility index (Phi) is 3.35. The molecule has 0 amide bonds. The highest BCUT2D eigenvalue weighted by atomic mass is 79.9. The summed E-state index contributed by atoms with van der Waals surface area (Å²) in [7, 11) is 0. The van der Waals surface area contributed by atoms with Gasteiger partial charge in [0.25, 0.3) is 0 Å². The van der Waals surface area contributed by atoms with Gasteiger partial charge >= 0.3 is 0 Å². The zero-order chi connectivity index (χ0) is 12.5. The van der Waals surface area contributed by atoms with Gasteiger partial charge in [-0.1, -0.05) is 46.3 Å². The number of aromatic nitrogens is 2.